The average molecular weight is 182 g/mol. The highest BCUT2D eigenvalue weighted by Gasteiger charge is 2.12. The number of hydrogen-bond acceptors (Lipinski definition) is 3. The Balaban J connectivity index is 0. The molecule has 0 heterocycles. The van der Waals surface area contributed by atoms with E-state index in [0.29, 0.717) is 6.42 Å². The summed E-state index contributed by atoms with van der Waals surface area (Å²) in [6, 6.07) is -0.456. The summed E-state index contributed by atoms with van der Waals surface area (Å²) in [5.74, 6) is -0.308. The third kappa shape index (κ3) is 6.13. The molecule has 0 rings (SSSR count). The summed E-state index contributed by atoms with van der Waals surface area (Å²) in [5.41, 5.74) is 5.39. The number of nitrogens with two attached hydrogens (primary N) is 1. The summed E-state index contributed by atoms with van der Waals surface area (Å²) in [6.45, 7) is 5.47. The van der Waals surface area contributed by atoms with E-state index in [1.54, 1.807) is 13.8 Å². The van der Waals surface area contributed by atoms with Crippen LogP contribution in [-0.4, -0.2) is 18.1 Å². The third-order valence-electron chi connectivity index (χ3n) is 1.09. The van der Waals surface area contributed by atoms with E-state index in [9.17, 15) is 4.79 Å². The third-order valence-corrected chi connectivity index (χ3v) is 1.09. The van der Waals surface area contributed by atoms with Crippen LogP contribution in [0.1, 0.15) is 27.2 Å². The van der Waals surface area contributed by atoms with E-state index in [2.05, 4.69) is 0 Å². The van der Waals surface area contributed by atoms with Gasteiger partial charge in [-0.05, 0) is 20.3 Å². The maximum Gasteiger partial charge on any atom is 0.323 e. The van der Waals surface area contributed by atoms with E-state index in [4.69, 9.17) is 10.5 Å². The lowest BCUT2D eigenvalue weighted by molar-refractivity contribution is -0.149. The van der Waals surface area contributed by atoms with Gasteiger partial charge < -0.3 is 10.5 Å². The number of carbonyl (C=O) groups is 1. The zero-order valence-corrected chi connectivity index (χ0v) is 7.98. The lowest BCUT2D eigenvalue weighted by Gasteiger charge is -2.11. The predicted molar refractivity (Wildman–Crippen MR) is 46.7 cm³/mol. The Morgan fingerprint density at radius 2 is 2.00 bits per heavy atom. The van der Waals surface area contributed by atoms with Crippen molar-refractivity contribution in [2.45, 2.75) is 39.3 Å². The predicted octanol–water partition coefficient (Wildman–Crippen LogP) is 1.10. The molecule has 0 spiro atoms. The fraction of sp³-hybridized carbons (Fsp3) is 0.857. The Morgan fingerprint density at radius 1 is 1.55 bits per heavy atom. The minimum Gasteiger partial charge on any atom is -0.462 e. The SMILES string of the molecule is CC[C@H](N)C(=O)OC(C)C.Cl. The number of rotatable bonds is 3. The van der Waals surface area contributed by atoms with Gasteiger partial charge in [-0.15, -0.1) is 12.4 Å². The van der Waals surface area contributed by atoms with E-state index in [1.165, 1.54) is 0 Å². The smallest absolute Gasteiger partial charge is 0.323 e. The zero-order valence-electron chi connectivity index (χ0n) is 7.16. The fourth-order valence-electron chi connectivity index (χ4n) is 0.486. The number of hydrogen-bond donors (Lipinski definition) is 1. The van der Waals surface area contributed by atoms with Crippen molar-refractivity contribution in [1.82, 2.24) is 0 Å². The van der Waals surface area contributed by atoms with E-state index in [0.717, 1.165) is 0 Å². The fourth-order valence-corrected chi connectivity index (χ4v) is 0.486. The van der Waals surface area contributed by atoms with Gasteiger partial charge in [-0.25, -0.2) is 0 Å². The van der Waals surface area contributed by atoms with Crippen LogP contribution in [0.3, 0.4) is 0 Å². The minimum absolute atomic E-state index is 0. The summed E-state index contributed by atoms with van der Waals surface area (Å²) in [7, 11) is 0. The highest BCUT2D eigenvalue weighted by atomic mass is 35.5. The average Bonchev–Trinajstić information content (AvgIpc) is 1.85. The molecule has 0 aliphatic carbocycles. The number of ether oxygens (including phenoxy) is 1. The van der Waals surface area contributed by atoms with Gasteiger partial charge in [0.25, 0.3) is 0 Å². The summed E-state index contributed by atoms with van der Waals surface area (Å²) in [6.07, 6.45) is 0.566. The van der Waals surface area contributed by atoms with Crippen molar-refractivity contribution in [3.8, 4) is 0 Å². The Morgan fingerprint density at radius 3 is 2.27 bits per heavy atom. The monoisotopic (exact) mass is 181 g/mol. The Hall–Kier alpha value is -0.280. The molecule has 4 heteroatoms. The molecule has 0 aliphatic rings. The first-order chi connectivity index (χ1) is 4.57. The van der Waals surface area contributed by atoms with Crippen molar-refractivity contribution < 1.29 is 9.53 Å². The molecule has 68 valence electrons. The van der Waals surface area contributed by atoms with Crippen molar-refractivity contribution in [1.29, 1.82) is 0 Å². The molecule has 0 radical (unpaired) electrons. The van der Waals surface area contributed by atoms with E-state index < -0.39 is 6.04 Å². The summed E-state index contributed by atoms with van der Waals surface area (Å²) >= 11 is 0. The maximum atomic E-state index is 10.8. The van der Waals surface area contributed by atoms with Gasteiger partial charge in [-0.2, -0.15) is 0 Å². The lowest BCUT2D eigenvalue weighted by atomic mass is 10.2. The first-order valence-electron chi connectivity index (χ1n) is 3.54. The first-order valence-corrected chi connectivity index (χ1v) is 3.54. The van der Waals surface area contributed by atoms with Crippen LogP contribution >= 0.6 is 12.4 Å². The molecule has 0 saturated carbocycles. The molecule has 0 aliphatic heterocycles. The summed E-state index contributed by atoms with van der Waals surface area (Å²) < 4.78 is 4.84. The lowest BCUT2D eigenvalue weighted by Crippen LogP contribution is -2.32. The molecule has 0 unspecified atom stereocenters. The Labute approximate surface area is 73.7 Å². The molecule has 0 fully saturated rings. The van der Waals surface area contributed by atoms with Crippen molar-refractivity contribution >= 4 is 18.4 Å². The van der Waals surface area contributed by atoms with Gasteiger partial charge in [0, 0.05) is 0 Å². The van der Waals surface area contributed by atoms with Crippen molar-refractivity contribution in [3.63, 3.8) is 0 Å². The molecule has 0 bridgehead atoms. The largest absolute Gasteiger partial charge is 0.462 e. The van der Waals surface area contributed by atoms with Crippen LogP contribution < -0.4 is 5.73 Å². The zero-order chi connectivity index (χ0) is 8.15. The van der Waals surface area contributed by atoms with Crippen molar-refractivity contribution in [2.24, 2.45) is 5.73 Å². The van der Waals surface area contributed by atoms with Gasteiger partial charge >= 0.3 is 5.97 Å². The van der Waals surface area contributed by atoms with Crippen LogP contribution in [-0.2, 0) is 9.53 Å². The van der Waals surface area contributed by atoms with Crippen LogP contribution in [0.2, 0.25) is 0 Å². The van der Waals surface area contributed by atoms with E-state index >= 15 is 0 Å². The molecule has 11 heavy (non-hydrogen) atoms. The summed E-state index contributed by atoms with van der Waals surface area (Å²) in [4.78, 5) is 10.8. The van der Waals surface area contributed by atoms with Gasteiger partial charge in [-0.3, -0.25) is 4.79 Å². The van der Waals surface area contributed by atoms with Crippen LogP contribution in [0, 0.1) is 0 Å². The molecule has 0 aromatic rings. The molecule has 3 nitrogen and oxygen atoms in total. The molecule has 0 aromatic heterocycles. The van der Waals surface area contributed by atoms with Crippen LogP contribution in [0.4, 0.5) is 0 Å². The molecular weight excluding hydrogens is 166 g/mol. The highest BCUT2D eigenvalue weighted by Crippen LogP contribution is 1.94. The molecular formula is C7H16ClNO2. The summed E-state index contributed by atoms with van der Waals surface area (Å²) in [5, 5.41) is 0. The standard InChI is InChI=1S/C7H15NO2.ClH/c1-4-6(8)7(9)10-5(2)3;/h5-6H,4,8H2,1-3H3;1H/t6-;/m0./s1. The number of esters is 1. The Kier molecular flexibility index (Phi) is 7.79. The van der Waals surface area contributed by atoms with Gasteiger partial charge in [0.05, 0.1) is 6.10 Å². The van der Waals surface area contributed by atoms with Gasteiger partial charge in [-0.1, -0.05) is 6.92 Å². The van der Waals surface area contributed by atoms with Gasteiger partial charge in [0.2, 0.25) is 0 Å². The van der Waals surface area contributed by atoms with Crippen molar-refractivity contribution in [3.05, 3.63) is 0 Å². The topological polar surface area (TPSA) is 52.3 Å². The van der Waals surface area contributed by atoms with Crippen molar-refractivity contribution in [2.75, 3.05) is 0 Å². The second-order valence-corrected chi connectivity index (χ2v) is 2.50. The molecule has 0 aromatic carbocycles. The van der Waals surface area contributed by atoms with E-state index in [-0.39, 0.29) is 24.5 Å². The van der Waals surface area contributed by atoms with E-state index in [1.807, 2.05) is 6.92 Å². The quantitative estimate of drug-likeness (QED) is 0.664. The molecule has 1 atom stereocenters. The number of carbonyl (C=O) groups excluding carboxylic acids is 1. The molecule has 2 N–H and O–H groups in total. The first kappa shape index (κ1) is 13.3. The second-order valence-electron chi connectivity index (χ2n) is 2.50. The highest BCUT2D eigenvalue weighted by molar-refractivity contribution is 5.85. The molecule has 0 saturated heterocycles. The van der Waals surface area contributed by atoms with Gasteiger partial charge in [0.1, 0.15) is 6.04 Å². The van der Waals surface area contributed by atoms with Crippen LogP contribution in [0.15, 0.2) is 0 Å². The maximum absolute atomic E-state index is 10.8. The van der Waals surface area contributed by atoms with Crippen LogP contribution in [0.25, 0.3) is 0 Å². The second kappa shape index (κ2) is 6.43. The normalized spacial score (nSPS) is 12.1. The van der Waals surface area contributed by atoms with Gasteiger partial charge in [0.15, 0.2) is 0 Å². The Bertz CT molecular complexity index is 117. The molecule has 0 amide bonds. The minimum atomic E-state index is -0.456. The van der Waals surface area contributed by atoms with Crippen LogP contribution in [0.5, 0.6) is 0 Å². The number of halogens is 1.